The number of para-hydroxylation sites is 1. The Hall–Kier alpha value is -1.83. The lowest BCUT2D eigenvalue weighted by atomic mass is 9.89. The van der Waals surface area contributed by atoms with Crippen molar-refractivity contribution in [1.29, 1.82) is 0 Å². The monoisotopic (exact) mass is 236 g/mol. The van der Waals surface area contributed by atoms with Gasteiger partial charge in [0, 0.05) is 17.3 Å². The number of benzene rings is 1. The Bertz CT molecular complexity index is 597. The summed E-state index contributed by atoms with van der Waals surface area (Å²) in [7, 11) is 0. The number of aromatic nitrogens is 1. The first-order chi connectivity index (χ1) is 8.79. The van der Waals surface area contributed by atoms with Crippen molar-refractivity contribution in [2.45, 2.75) is 31.2 Å². The van der Waals surface area contributed by atoms with Crippen molar-refractivity contribution >= 4 is 5.69 Å². The summed E-state index contributed by atoms with van der Waals surface area (Å²) in [5, 5.41) is 3.66. The Kier molecular flexibility index (Phi) is 1.88. The Morgan fingerprint density at radius 3 is 2.72 bits per heavy atom. The van der Waals surface area contributed by atoms with Gasteiger partial charge in [0.25, 0.3) is 0 Å². The standard InChI is InChI=1S/C16H16N2/c1-11-6-7-14(17-10-11)15-16(8-9-16)12-4-2-3-5-13(12)18-15/h2-7,10,15,18H,8-9H2,1H3. The highest BCUT2D eigenvalue weighted by Crippen LogP contribution is 2.62. The first-order valence-electron chi connectivity index (χ1n) is 6.58. The number of hydrogen-bond acceptors (Lipinski definition) is 2. The minimum absolute atomic E-state index is 0.318. The molecule has 4 rings (SSSR count). The maximum Gasteiger partial charge on any atom is 0.0782 e. The second kappa shape index (κ2) is 3.35. The van der Waals surface area contributed by atoms with Gasteiger partial charge in [-0.3, -0.25) is 4.98 Å². The molecule has 2 aliphatic rings. The van der Waals surface area contributed by atoms with Crippen LogP contribution in [0.5, 0.6) is 0 Å². The van der Waals surface area contributed by atoms with Crippen molar-refractivity contribution in [3.8, 4) is 0 Å². The molecule has 2 nitrogen and oxygen atoms in total. The molecule has 2 heteroatoms. The number of rotatable bonds is 1. The molecule has 1 atom stereocenters. The van der Waals surface area contributed by atoms with Crippen LogP contribution in [0.25, 0.3) is 0 Å². The molecule has 0 amide bonds. The van der Waals surface area contributed by atoms with E-state index in [4.69, 9.17) is 0 Å². The Morgan fingerprint density at radius 1 is 1.17 bits per heavy atom. The number of pyridine rings is 1. The second-order valence-electron chi connectivity index (χ2n) is 5.54. The second-order valence-corrected chi connectivity index (χ2v) is 5.54. The summed E-state index contributed by atoms with van der Waals surface area (Å²) in [4.78, 5) is 4.62. The first-order valence-corrected chi connectivity index (χ1v) is 6.58. The minimum atomic E-state index is 0.318. The molecule has 1 aromatic carbocycles. The maximum absolute atomic E-state index is 4.62. The van der Waals surface area contributed by atoms with E-state index in [0.29, 0.717) is 11.5 Å². The molecule has 0 saturated heterocycles. The third-order valence-corrected chi connectivity index (χ3v) is 4.33. The predicted molar refractivity (Wildman–Crippen MR) is 72.7 cm³/mol. The highest BCUT2D eigenvalue weighted by molar-refractivity contribution is 5.65. The SMILES string of the molecule is Cc1ccc(C2Nc3ccccc3C23CC3)nc1. The van der Waals surface area contributed by atoms with Crippen LogP contribution in [0.2, 0.25) is 0 Å². The molecule has 1 N–H and O–H groups in total. The number of nitrogens with one attached hydrogen (secondary N) is 1. The van der Waals surface area contributed by atoms with Gasteiger partial charge in [0.1, 0.15) is 0 Å². The highest BCUT2D eigenvalue weighted by atomic mass is 15.0. The van der Waals surface area contributed by atoms with E-state index >= 15 is 0 Å². The molecule has 0 bridgehead atoms. The molecular weight excluding hydrogens is 220 g/mol. The average molecular weight is 236 g/mol. The third-order valence-electron chi connectivity index (χ3n) is 4.33. The van der Waals surface area contributed by atoms with Crippen LogP contribution in [0.3, 0.4) is 0 Å². The molecule has 1 unspecified atom stereocenters. The molecule has 1 aromatic heterocycles. The lowest BCUT2D eigenvalue weighted by molar-refractivity contribution is 0.599. The lowest BCUT2D eigenvalue weighted by Gasteiger charge is -2.19. The van der Waals surface area contributed by atoms with E-state index < -0.39 is 0 Å². The molecule has 2 aromatic rings. The van der Waals surface area contributed by atoms with E-state index in [9.17, 15) is 0 Å². The van der Waals surface area contributed by atoms with Crippen molar-refractivity contribution in [2.75, 3.05) is 5.32 Å². The van der Waals surface area contributed by atoms with Crippen LogP contribution in [0.1, 0.15) is 35.7 Å². The summed E-state index contributed by atoms with van der Waals surface area (Å²) in [6, 6.07) is 13.4. The summed E-state index contributed by atoms with van der Waals surface area (Å²) in [6.07, 6.45) is 4.52. The van der Waals surface area contributed by atoms with Crippen LogP contribution < -0.4 is 5.32 Å². The summed E-state index contributed by atoms with van der Waals surface area (Å²) in [5.41, 5.74) is 5.49. The normalized spacial score (nSPS) is 22.6. The quantitative estimate of drug-likeness (QED) is 0.818. The summed E-state index contributed by atoms with van der Waals surface area (Å²) < 4.78 is 0. The number of aryl methyl sites for hydroxylation is 1. The van der Waals surface area contributed by atoms with E-state index in [2.05, 4.69) is 53.6 Å². The third kappa shape index (κ3) is 1.26. The zero-order chi connectivity index (χ0) is 12.2. The fourth-order valence-electron chi connectivity index (χ4n) is 3.19. The highest BCUT2D eigenvalue weighted by Gasteiger charge is 2.56. The zero-order valence-electron chi connectivity index (χ0n) is 10.5. The molecule has 1 saturated carbocycles. The van der Waals surface area contributed by atoms with Crippen LogP contribution in [0.4, 0.5) is 5.69 Å². The maximum atomic E-state index is 4.62. The molecule has 90 valence electrons. The van der Waals surface area contributed by atoms with Gasteiger partial charge in [0.2, 0.25) is 0 Å². The average Bonchev–Trinajstić information content (AvgIpc) is 3.11. The zero-order valence-corrected chi connectivity index (χ0v) is 10.5. The largest absolute Gasteiger partial charge is 0.376 e. The fourth-order valence-corrected chi connectivity index (χ4v) is 3.19. The Balaban J connectivity index is 1.79. The Morgan fingerprint density at radius 2 is 2.00 bits per heavy atom. The van der Waals surface area contributed by atoms with Gasteiger partial charge in [-0.15, -0.1) is 0 Å². The van der Waals surface area contributed by atoms with Crippen LogP contribution in [0, 0.1) is 6.92 Å². The van der Waals surface area contributed by atoms with Gasteiger partial charge in [-0.2, -0.15) is 0 Å². The van der Waals surface area contributed by atoms with Crippen LogP contribution >= 0.6 is 0 Å². The van der Waals surface area contributed by atoms with Crippen LogP contribution in [-0.4, -0.2) is 4.98 Å². The van der Waals surface area contributed by atoms with Crippen molar-refractivity contribution in [3.05, 3.63) is 59.4 Å². The van der Waals surface area contributed by atoms with E-state index in [0.717, 1.165) is 0 Å². The number of hydrogen-bond donors (Lipinski definition) is 1. The van der Waals surface area contributed by atoms with Crippen LogP contribution in [0.15, 0.2) is 42.6 Å². The summed E-state index contributed by atoms with van der Waals surface area (Å²) in [5.74, 6) is 0. The van der Waals surface area contributed by atoms with Crippen molar-refractivity contribution in [1.82, 2.24) is 4.98 Å². The van der Waals surface area contributed by atoms with Gasteiger partial charge >= 0.3 is 0 Å². The smallest absolute Gasteiger partial charge is 0.0782 e. The molecule has 2 heterocycles. The van der Waals surface area contributed by atoms with E-state index in [1.54, 1.807) is 0 Å². The number of anilines is 1. The van der Waals surface area contributed by atoms with Crippen molar-refractivity contribution in [2.24, 2.45) is 0 Å². The van der Waals surface area contributed by atoms with E-state index in [1.807, 2.05) is 6.20 Å². The summed E-state index contributed by atoms with van der Waals surface area (Å²) in [6.45, 7) is 2.08. The number of nitrogens with zero attached hydrogens (tertiary/aromatic N) is 1. The lowest BCUT2D eigenvalue weighted by Crippen LogP contribution is -2.18. The van der Waals surface area contributed by atoms with Gasteiger partial charge in [-0.05, 0) is 43.0 Å². The Labute approximate surface area is 107 Å². The molecule has 1 aliphatic carbocycles. The number of fused-ring (bicyclic) bond motifs is 2. The van der Waals surface area contributed by atoms with Gasteiger partial charge in [0.05, 0.1) is 11.7 Å². The van der Waals surface area contributed by atoms with E-state index in [-0.39, 0.29) is 0 Å². The van der Waals surface area contributed by atoms with Crippen molar-refractivity contribution < 1.29 is 0 Å². The minimum Gasteiger partial charge on any atom is -0.376 e. The molecular formula is C16H16N2. The van der Waals surface area contributed by atoms with Gasteiger partial charge in [-0.25, -0.2) is 0 Å². The molecule has 1 spiro atoms. The van der Waals surface area contributed by atoms with Gasteiger partial charge in [0.15, 0.2) is 0 Å². The summed E-state index contributed by atoms with van der Waals surface area (Å²) >= 11 is 0. The molecule has 1 fully saturated rings. The molecule has 1 aliphatic heterocycles. The van der Waals surface area contributed by atoms with Gasteiger partial charge in [-0.1, -0.05) is 24.3 Å². The fraction of sp³-hybridized carbons (Fsp3) is 0.312. The molecule has 18 heavy (non-hydrogen) atoms. The van der Waals surface area contributed by atoms with E-state index in [1.165, 1.54) is 35.3 Å². The van der Waals surface area contributed by atoms with Crippen LogP contribution in [-0.2, 0) is 5.41 Å². The molecule has 0 radical (unpaired) electrons. The topological polar surface area (TPSA) is 24.9 Å². The van der Waals surface area contributed by atoms with Gasteiger partial charge < -0.3 is 5.32 Å². The first kappa shape index (κ1) is 10.1. The predicted octanol–water partition coefficient (Wildman–Crippen LogP) is 3.59. The van der Waals surface area contributed by atoms with Crippen molar-refractivity contribution in [3.63, 3.8) is 0 Å².